The molecule has 0 N–H and O–H groups in total. The first kappa shape index (κ1) is 15.3. The number of nitrogens with zero attached hydrogens (tertiary/aromatic N) is 2. The van der Waals surface area contributed by atoms with Gasteiger partial charge in [-0.25, -0.2) is 0 Å². The molecule has 1 heterocycles. The number of aromatic nitrogens is 2. The van der Waals surface area contributed by atoms with Gasteiger partial charge in [0.05, 0.1) is 7.11 Å². The molecule has 0 aliphatic heterocycles. The summed E-state index contributed by atoms with van der Waals surface area (Å²) in [5.74, 6) is 2.24. The SMILES string of the molecule is CCO[C@H](C)c1noc(COc2ccc(C)cc2OC)n1. The normalized spacial score (nSPS) is 12.2. The summed E-state index contributed by atoms with van der Waals surface area (Å²) in [7, 11) is 1.61. The maximum absolute atomic E-state index is 5.66. The van der Waals surface area contributed by atoms with Crippen molar-refractivity contribution < 1.29 is 18.7 Å². The zero-order valence-corrected chi connectivity index (χ0v) is 12.8. The van der Waals surface area contributed by atoms with E-state index in [0.29, 0.717) is 29.8 Å². The molecule has 0 aliphatic rings. The number of ether oxygens (including phenoxy) is 3. The molecule has 2 aromatic rings. The summed E-state index contributed by atoms with van der Waals surface area (Å²) < 4.78 is 21.5. The number of hydrogen-bond donors (Lipinski definition) is 0. The van der Waals surface area contributed by atoms with E-state index in [2.05, 4.69) is 10.1 Å². The van der Waals surface area contributed by atoms with E-state index in [-0.39, 0.29) is 12.7 Å². The molecular formula is C15H20N2O4. The highest BCUT2D eigenvalue weighted by atomic mass is 16.5. The van der Waals surface area contributed by atoms with Crippen LogP contribution in [0.5, 0.6) is 11.5 Å². The molecular weight excluding hydrogens is 272 g/mol. The standard InChI is InChI=1S/C15H20N2O4/c1-5-19-11(3)15-16-14(21-17-15)9-20-12-7-6-10(2)8-13(12)18-4/h6-8,11H,5,9H2,1-4H3/t11-/m1/s1. The summed E-state index contributed by atoms with van der Waals surface area (Å²) in [5, 5.41) is 3.88. The molecule has 1 aromatic carbocycles. The van der Waals surface area contributed by atoms with E-state index in [4.69, 9.17) is 18.7 Å². The van der Waals surface area contributed by atoms with Crippen molar-refractivity contribution in [3.8, 4) is 11.5 Å². The number of aryl methyl sites for hydroxylation is 1. The Morgan fingerprint density at radius 1 is 1.29 bits per heavy atom. The minimum Gasteiger partial charge on any atom is -0.493 e. The predicted octanol–water partition coefficient (Wildman–Crippen LogP) is 3.06. The maximum Gasteiger partial charge on any atom is 0.264 e. The van der Waals surface area contributed by atoms with Crippen molar-refractivity contribution in [2.75, 3.05) is 13.7 Å². The quantitative estimate of drug-likeness (QED) is 0.781. The van der Waals surface area contributed by atoms with Gasteiger partial charge in [0, 0.05) is 6.61 Å². The third-order valence-electron chi connectivity index (χ3n) is 2.93. The molecule has 0 fully saturated rings. The average molecular weight is 292 g/mol. The van der Waals surface area contributed by atoms with E-state index < -0.39 is 0 Å². The fraction of sp³-hybridized carbons (Fsp3) is 0.467. The van der Waals surface area contributed by atoms with Crippen LogP contribution in [0.1, 0.15) is 37.2 Å². The Labute approximate surface area is 124 Å². The number of hydrogen-bond acceptors (Lipinski definition) is 6. The van der Waals surface area contributed by atoms with Crippen LogP contribution in [0.2, 0.25) is 0 Å². The van der Waals surface area contributed by atoms with Crippen molar-refractivity contribution in [3.63, 3.8) is 0 Å². The Bertz CT molecular complexity index is 583. The molecule has 1 aromatic heterocycles. The summed E-state index contributed by atoms with van der Waals surface area (Å²) >= 11 is 0. The monoisotopic (exact) mass is 292 g/mol. The molecule has 0 bridgehead atoms. The van der Waals surface area contributed by atoms with Crippen LogP contribution in [0.3, 0.4) is 0 Å². The summed E-state index contributed by atoms with van der Waals surface area (Å²) in [5.41, 5.74) is 1.10. The van der Waals surface area contributed by atoms with Gasteiger partial charge in [-0.3, -0.25) is 0 Å². The fourth-order valence-corrected chi connectivity index (χ4v) is 1.85. The Balaban J connectivity index is 2.00. The maximum atomic E-state index is 5.66. The molecule has 2 rings (SSSR count). The zero-order valence-electron chi connectivity index (χ0n) is 12.8. The van der Waals surface area contributed by atoms with Crippen molar-refractivity contribution in [1.29, 1.82) is 0 Å². The summed E-state index contributed by atoms with van der Waals surface area (Å²) in [4.78, 5) is 4.25. The lowest BCUT2D eigenvalue weighted by molar-refractivity contribution is 0.0683. The highest BCUT2D eigenvalue weighted by Crippen LogP contribution is 2.28. The van der Waals surface area contributed by atoms with E-state index in [1.807, 2.05) is 39.0 Å². The molecule has 0 amide bonds. The topological polar surface area (TPSA) is 66.6 Å². The van der Waals surface area contributed by atoms with E-state index in [1.165, 1.54) is 0 Å². The first-order chi connectivity index (χ1) is 10.1. The highest BCUT2D eigenvalue weighted by Gasteiger charge is 2.14. The molecule has 21 heavy (non-hydrogen) atoms. The Morgan fingerprint density at radius 3 is 2.81 bits per heavy atom. The molecule has 6 heteroatoms. The summed E-state index contributed by atoms with van der Waals surface area (Å²) in [6.07, 6.45) is -0.193. The van der Waals surface area contributed by atoms with Gasteiger partial charge in [0.15, 0.2) is 23.9 Å². The van der Waals surface area contributed by atoms with Gasteiger partial charge in [-0.2, -0.15) is 4.98 Å². The van der Waals surface area contributed by atoms with Gasteiger partial charge in [-0.05, 0) is 38.5 Å². The molecule has 0 radical (unpaired) electrons. The van der Waals surface area contributed by atoms with Gasteiger partial charge in [0.25, 0.3) is 5.89 Å². The Hall–Kier alpha value is -2.08. The average Bonchev–Trinajstić information content (AvgIpc) is 2.95. The van der Waals surface area contributed by atoms with Gasteiger partial charge in [0.2, 0.25) is 0 Å². The van der Waals surface area contributed by atoms with Crippen LogP contribution < -0.4 is 9.47 Å². The van der Waals surface area contributed by atoms with E-state index in [1.54, 1.807) is 7.11 Å². The molecule has 6 nitrogen and oxygen atoms in total. The molecule has 0 spiro atoms. The van der Waals surface area contributed by atoms with Gasteiger partial charge in [-0.15, -0.1) is 0 Å². The van der Waals surface area contributed by atoms with Crippen LogP contribution in [-0.4, -0.2) is 23.9 Å². The van der Waals surface area contributed by atoms with Crippen molar-refractivity contribution in [2.45, 2.75) is 33.5 Å². The molecule has 1 atom stereocenters. The lowest BCUT2D eigenvalue weighted by atomic mass is 10.2. The Kier molecular flexibility index (Phi) is 5.16. The van der Waals surface area contributed by atoms with E-state index in [0.717, 1.165) is 5.56 Å². The van der Waals surface area contributed by atoms with Crippen molar-refractivity contribution in [3.05, 3.63) is 35.5 Å². The van der Waals surface area contributed by atoms with Crippen molar-refractivity contribution in [2.24, 2.45) is 0 Å². The van der Waals surface area contributed by atoms with Gasteiger partial charge >= 0.3 is 0 Å². The lowest BCUT2D eigenvalue weighted by Gasteiger charge is -2.09. The van der Waals surface area contributed by atoms with Crippen LogP contribution in [0.15, 0.2) is 22.7 Å². The largest absolute Gasteiger partial charge is 0.493 e. The van der Waals surface area contributed by atoms with Crippen LogP contribution in [0.4, 0.5) is 0 Å². The number of benzene rings is 1. The molecule has 0 saturated heterocycles. The fourth-order valence-electron chi connectivity index (χ4n) is 1.85. The molecule has 0 unspecified atom stereocenters. The number of rotatable bonds is 7. The second-order valence-electron chi connectivity index (χ2n) is 4.59. The van der Waals surface area contributed by atoms with Gasteiger partial charge < -0.3 is 18.7 Å². The van der Waals surface area contributed by atoms with Crippen molar-refractivity contribution >= 4 is 0 Å². The zero-order chi connectivity index (χ0) is 15.2. The third kappa shape index (κ3) is 3.95. The molecule has 0 saturated carbocycles. The second-order valence-corrected chi connectivity index (χ2v) is 4.59. The second kappa shape index (κ2) is 7.08. The predicted molar refractivity (Wildman–Crippen MR) is 76.4 cm³/mol. The van der Waals surface area contributed by atoms with Gasteiger partial charge in [0.1, 0.15) is 6.10 Å². The van der Waals surface area contributed by atoms with Crippen LogP contribution in [-0.2, 0) is 11.3 Å². The third-order valence-corrected chi connectivity index (χ3v) is 2.93. The minimum absolute atomic E-state index is 0.186. The lowest BCUT2D eigenvalue weighted by Crippen LogP contribution is -2.02. The van der Waals surface area contributed by atoms with Crippen LogP contribution >= 0.6 is 0 Å². The van der Waals surface area contributed by atoms with Crippen molar-refractivity contribution in [1.82, 2.24) is 10.1 Å². The first-order valence-corrected chi connectivity index (χ1v) is 6.85. The van der Waals surface area contributed by atoms with Crippen LogP contribution in [0, 0.1) is 6.92 Å². The molecule has 0 aliphatic carbocycles. The van der Waals surface area contributed by atoms with E-state index >= 15 is 0 Å². The van der Waals surface area contributed by atoms with Crippen LogP contribution in [0.25, 0.3) is 0 Å². The summed E-state index contributed by atoms with van der Waals surface area (Å²) in [6.45, 7) is 6.57. The molecule has 114 valence electrons. The Morgan fingerprint density at radius 2 is 2.10 bits per heavy atom. The number of methoxy groups -OCH3 is 1. The smallest absolute Gasteiger partial charge is 0.264 e. The van der Waals surface area contributed by atoms with Gasteiger partial charge in [-0.1, -0.05) is 11.2 Å². The highest BCUT2D eigenvalue weighted by molar-refractivity contribution is 5.42. The first-order valence-electron chi connectivity index (χ1n) is 6.85. The van der Waals surface area contributed by atoms with E-state index in [9.17, 15) is 0 Å². The summed E-state index contributed by atoms with van der Waals surface area (Å²) in [6, 6.07) is 5.72. The minimum atomic E-state index is -0.193.